The summed E-state index contributed by atoms with van der Waals surface area (Å²) in [5, 5.41) is 3.16. The van der Waals surface area contributed by atoms with Crippen molar-refractivity contribution in [2.45, 2.75) is 52.2 Å². The molecule has 7 nitrogen and oxygen atoms in total. The van der Waals surface area contributed by atoms with E-state index < -0.39 is 34.3 Å². The van der Waals surface area contributed by atoms with Gasteiger partial charge in [-0.1, -0.05) is 54.7 Å². The Balaban J connectivity index is 2.52. The Morgan fingerprint density at radius 2 is 1.64 bits per heavy atom. The molecule has 1 N–H and O–H groups in total. The van der Waals surface area contributed by atoms with Gasteiger partial charge in [0, 0.05) is 28.2 Å². The SMILES string of the molecule is CC[C@H](C(=O)N[C@@H](C)CC)N(Cc1c(Cl)cccc1Cl)C(=O)CN(c1ccc(F)c(Cl)c1)S(C)(=O)=O. The average Bonchev–Trinajstić information content (AvgIpc) is 2.80. The first-order valence-corrected chi connectivity index (χ1v) is 14.2. The number of anilines is 1. The molecule has 0 aliphatic carbocycles. The molecule has 0 heterocycles. The van der Waals surface area contributed by atoms with Gasteiger partial charge in [-0.2, -0.15) is 0 Å². The van der Waals surface area contributed by atoms with Crippen LogP contribution in [-0.2, 0) is 26.2 Å². The molecule has 198 valence electrons. The zero-order valence-corrected chi connectivity index (χ0v) is 23.5. The molecule has 2 atom stereocenters. The maximum atomic E-state index is 13.7. The quantitative estimate of drug-likeness (QED) is 0.392. The fourth-order valence-electron chi connectivity index (χ4n) is 3.47. The van der Waals surface area contributed by atoms with Crippen LogP contribution < -0.4 is 9.62 Å². The normalized spacial score (nSPS) is 13.1. The van der Waals surface area contributed by atoms with Crippen molar-refractivity contribution in [1.82, 2.24) is 10.2 Å². The Morgan fingerprint density at radius 1 is 1.03 bits per heavy atom. The zero-order chi connectivity index (χ0) is 27.2. The number of halogens is 4. The highest BCUT2D eigenvalue weighted by molar-refractivity contribution is 7.92. The van der Waals surface area contributed by atoms with Gasteiger partial charge in [0.1, 0.15) is 18.4 Å². The number of carbonyl (C=O) groups excluding carboxylic acids is 2. The van der Waals surface area contributed by atoms with Crippen molar-refractivity contribution in [2.24, 2.45) is 0 Å². The van der Waals surface area contributed by atoms with E-state index in [-0.39, 0.29) is 35.6 Å². The largest absolute Gasteiger partial charge is 0.352 e. The summed E-state index contributed by atoms with van der Waals surface area (Å²) in [6, 6.07) is 7.13. The second kappa shape index (κ2) is 12.9. The van der Waals surface area contributed by atoms with E-state index in [0.717, 1.165) is 22.7 Å². The Hall–Kier alpha value is -2.07. The number of hydrogen-bond acceptors (Lipinski definition) is 4. The molecule has 2 aromatic rings. The molecule has 0 radical (unpaired) electrons. The smallest absolute Gasteiger partial charge is 0.244 e. The van der Waals surface area contributed by atoms with Gasteiger partial charge >= 0.3 is 0 Å². The van der Waals surface area contributed by atoms with E-state index in [4.69, 9.17) is 34.8 Å². The number of nitrogens with zero attached hydrogens (tertiary/aromatic N) is 2. The monoisotopic (exact) mass is 579 g/mol. The number of hydrogen-bond donors (Lipinski definition) is 1. The van der Waals surface area contributed by atoms with Crippen LogP contribution in [0.25, 0.3) is 0 Å². The van der Waals surface area contributed by atoms with Crippen LogP contribution in [0.15, 0.2) is 36.4 Å². The van der Waals surface area contributed by atoms with Crippen molar-refractivity contribution in [3.8, 4) is 0 Å². The highest BCUT2D eigenvalue weighted by atomic mass is 35.5. The van der Waals surface area contributed by atoms with Crippen molar-refractivity contribution in [3.05, 3.63) is 62.8 Å². The van der Waals surface area contributed by atoms with Crippen LogP contribution >= 0.6 is 34.8 Å². The predicted octanol–water partition coefficient (Wildman–Crippen LogP) is 5.27. The molecule has 0 saturated heterocycles. The lowest BCUT2D eigenvalue weighted by Gasteiger charge is -2.33. The summed E-state index contributed by atoms with van der Waals surface area (Å²) in [6.07, 6.45) is 1.84. The van der Waals surface area contributed by atoms with E-state index in [1.54, 1.807) is 25.1 Å². The molecule has 0 aromatic heterocycles. The maximum absolute atomic E-state index is 13.7. The molecule has 36 heavy (non-hydrogen) atoms. The van der Waals surface area contributed by atoms with Gasteiger partial charge < -0.3 is 10.2 Å². The standard InChI is InChI=1S/C24H29Cl3FN3O4S/c1-5-15(3)29-24(33)22(6-2)30(13-17-18(25)8-7-9-19(17)26)23(32)14-31(36(4,34)35)16-10-11-21(28)20(27)12-16/h7-12,15,22H,5-6,13-14H2,1-4H3,(H,29,33)/t15-,22+/m0/s1. The first-order valence-electron chi connectivity index (χ1n) is 11.3. The van der Waals surface area contributed by atoms with Crippen molar-refractivity contribution >= 4 is 62.3 Å². The fraction of sp³-hybridized carbons (Fsp3) is 0.417. The molecule has 0 fully saturated rings. The van der Waals surface area contributed by atoms with E-state index in [2.05, 4.69) is 5.32 Å². The molecule has 0 spiro atoms. The summed E-state index contributed by atoms with van der Waals surface area (Å²) < 4.78 is 39.7. The lowest BCUT2D eigenvalue weighted by Crippen LogP contribution is -2.53. The van der Waals surface area contributed by atoms with Crippen LogP contribution in [0.1, 0.15) is 39.2 Å². The minimum Gasteiger partial charge on any atom is -0.352 e. The zero-order valence-electron chi connectivity index (χ0n) is 20.4. The van der Waals surface area contributed by atoms with Crippen LogP contribution in [-0.4, -0.2) is 50.0 Å². The van der Waals surface area contributed by atoms with Crippen molar-refractivity contribution in [2.75, 3.05) is 17.1 Å². The van der Waals surface area contributed by atoms with Gasteiger partial charge in [0.15, 0.2) is 0 Å². The van der Waals surface area contributed by atoms with Gasteiger partial charge in [-0.15, -0.1) is 0 Å². The third-order valence-electron chi connectivity index (χ3n) is 5.65. The first kappa shape index (κ1) is 30.2. The molecular formula is C24H29Cl3FN3O4S. The molecule has 0 bridgehead atoms. The second-order valence-corrected chi connectivity index (χ2v) is 11.5. The third kappa shape index (κ3) is 7.71. The van der Waals surface area contributed by atoms with Gasteiger partial charge in [0.25, 0.3) is 0 Å². The lowest BCUT2D eigenvalue weighted by atomic mass is 10.1. The number of benzene rings is 2. The van der Waals surface area contributed by atoms with E-state index in [1.807, 2.05) is 13.8 Å². The van der Waals surface area contributed by atoms with E-state index in [1.165, 1.54) is 11.0 Å². The number of sulfonamides is 1. The summed E-state index contributed by atoms with van der Waals surface area (Å²) in [4.78, 5) is 28.0. The number of carbonyl (C=O) groups is 2. The molecule has 2 amide bonds. The van der Waals surface area contributed by atoms with Crippen LogP contribution in [0, 0.1) is 5.82 Å². The topological polar surface area (TPSA) is 86.8 Å². The lowest BCUT2D eigenvalue weighted by molar-refractivity contribution is -0.140. The highest BCUT2D eigenvalue weighted by Crippen LogP contribution is 2.28. The minimum atomic E-state index is -3.99. The molecule has 0 aliphatic rings. The number of nitrogens with one attached hydrogen (secondary N) is 1. The molecule has 2 rings (SSSR count). The van der Waals surface area contributed by atoms with Crippen LogP contribution in [0.5, 0.6) is 0 Å². The fourth-order valence-corrected chi connectivity index (χ4v) is 5.00. The summed E-state index contributed by atoms with van der Waals surface area (Å²) in [5.74, 6) is -1.80. The Morgan fingerprint density at radius 3 is 2.14 bits per heavy atom. The van der Waals surface area contributed by atoms with Crippen molar-refractivity contribution in [1.29, 1.82) is 0 Å². The highest BCUT2D eigenvalue weighted by Gasteiger charge is 2.33. The summed E-state index contributed by atoms with van der Waals surface area (Å²) in [6.45, 7) is 4.70. The summed E-state index contributed by atoms with van der Waals surface area (Å²) in [5.41, 5.74) is 0.421. The van der Waals surface area contributed by atoms with E-state index in [0.29, 0.717) is 22.0 Å². The summed E-state index contributed by atoms with van der Waals surface area (Å²) in [7, 11) is -3.99. The Labute approximate surface area is 226 Å². The molecule has 0 saturated carbocycles. The van der Waals surface area contributed by atoms with Gasteiger partial charge in [-0.05, 0) is 50.1 Å². The minimum absolute atomic E-state index is 0.00470. The maximum Gasteiger partial charge on any atom is 0.244 e. The van der Waals surface area contributed by atoms with Gasteiger partial charge in [-0.3, -0.25) is 13.9 Å². The summed E-state index contributed by atoms with van der Waals surface area (Å²) >= 11 is 18.5. The van der Waals surface area contributed by atoms with E-state index in [9.17, 15) is 22.4 Å². The molecular weight excluding hydrogens is 552 g/mol. The predicted molar refractivity (Wildman–Crippen MR) is 143 cm³/mol. The van der Waals surface area contributed by atoms with Crippen LogP contribution in [0.2, 0.25) is 15.1 Å². The van der Waals surface area contributed by atoms with Crippen molar-refractivity contribution in [3.63, 3.8) is 0 Å². The third-order valence-corrected chi connectivity index (χ3v) is 7.79. The molecule has 0 unspecified atom stereocenters. The van der Waals surface area contributed by atoms with Gasteiger partial charge in [-0.25, -0.2) is 12.8 Å². The van der Waals surface area contributed by atoms with Crippen molar-refractivity contribution < 1.29 is 22.4 Å². The van der Waals surface area contributed by atoms with Gasteiger partial charge in [0.05, 0.1) is 17.0 Å². The molecule has 12 heteroatoms. The Kier molecular flexibility index (Phi) is 10.8. The Bertz CT molecular complexity index is 1190. The number of rotatable bonds is 11. The average molecular weight is 581 g/mol. The van der Waals surface area contributed by atoms with Crippen LogP contribution in [0.3, 0.4) is 0 Å². The van der Waals surface area contributed by atoms with Crippen LogP contribution in [0.4, 0.5) is 10.1 Å². The van der Waals surface area contributed by atoms with Gasteiger partial charge in [0.2, 0.25) is 21.8 Å². The number of amides is 2. The molecule has 0 aliphatic heterocycles. The van der Waals surface area contributed by atoms with E-state index >= 15 is 0 Å². The second-order valence-electron chi connectivity index (χ2n) is 8.33. The molecule has 2 aromatic carbocycles. The first-order chi connectivity index (χ1) is 16.8.